The minimum Gasteiger partial charge on any atom is -0.394 e. The summed E-state index contributed by atoms with van der Waals surface area (Å²) in [6.07, 6.45) is -3.95. The summed E-state index contributed by atoms with van der Waals surface area (Å²) in [5, 5.41) is 40.7. The fourth-order valence-electron chi connectivity index (χ4n) is 5.13. The van der Waals surface area contributed by atoms with E-state index in [1.165, 1.54) is 0 Å². The first kappa shape index (κ1) is 25.2. The van der Waals surface area contributed by atoms with Gasteiger partial charge in [0, 0.05) is 24.5 Å². The highest BCUT2D eigenvalue weighted by molar-refractivity contribution is 5.00. The van der Waals surface area contributed by atoms with Gasteiger partial charge in [-0.3, -0.25) is 0 Å². The molecule has 11 heteroatoms. The minimum atomic E-state index is -0.979. The zero-order valence-corrected chi connectivity index (χ0v) is 18.1. The topological polar surface area (TPSA) is 213 Å². The van der Waals surface area contributed by atoms with E-state index < -0.39 is 55.0 Å². The fraction of sp³-hybridized carbons (Fsp3) is 1.00. The molecule has 3 rings (SSSR count). The van der Waals surface area contributed by atoms with Crippen molar-refractivity contribution in [2.75, 3.05) is 13.2 Å². The van der Waals surface area contributed by atoms with E-state index in [2.05, 4.69) is 0 Å². The molecule has 2 saturated heterocycles. The smallest absolute Gasteiger partial charge is 0.173 e. The number of ether oxygens (including phenoxy) is 3. The standard InChI is InChI=1S/C20H40N4O7/c1-8-2-13(26)17(7-25)29-15(8)3-9-10(22)4-11(23)19(18(9)28)31-20-12(24)5-14(27)16(6-21)30-20/h8-20,25-28H,2-7,21-24H2,1H3/t8-,9+,10-,11+,12-,13+,14+,15-,16-,17-,18-,19-,20-/m1/s1. The molecular weight excluding hydrogens is 408 g/mol. The van der Waals surface area contributed by atoms with Crippen LogP contribution in [0.15, 0.2) is 0 Å². The van der Waals surface area contributed by atoms with E-state index in [1.807, 2.05) is 6.92 Å². The SMILES string of the molecule is C[C@@H]1C[C@H](O)[C@@H](CO)O[C@@H]1C[C@@H]1[C@@H](O)[C@H](O[C@H]2O[C@H](CN)[C@@H](O)C[C@H]2N)[C@@H](N)C[C@H]1N. The molecule has 0 aromatic carbocycles. The lowest BCUT2D eigenvalue weighted by molar-refractivity contribution is -0.266. The van der Waals surface area contributed by atoms with Gasteiger partial charge in [0.05, 0.1) is 43.2 Å². The van der Waals surface area contributed by atoms with Crippen molar-refractivity contribution in [3.8, 4) is 0 Å². The van der Waals surface area contributed by atoms with Crippen LogP contribution in [0.1, 0.15) is 32.6 Å². The molecule has 1 aliphatic carbocycles. The summed E-state index contributed by atoms with van der Waals surface area (Å²) in [6, 6.07) is -1.46. The number of rotatable bonds is 6. The van der Waals surface area contributed by atoms with Gasteiger partial charge in [-0.05, 0) is 31.6 Å². The van der Waals surface area contributed by atoms with Crippen LogP contribution in [-0.2, 0) is 14.2 Å². The molecule has 2 heterocycles. The monoisotopic (exact) mass is 448 g/mol. The highest BCUT2D eigenvalue weighted by atomic mass is 16.7. The molecule has 3 fully saturated rings. The average molecular weight is 449 g/mol. The largest absolute Gasteiger partial charge is 0.394 e. The number of hydrogen-bond donors (Lipinski definition) is 8. The molecule has 2 aliphatic heterocycles. The van der Waals surface area contributed by atoms with Crippen molar-refractivity contribution in [1.29, 1.82) is 0 Å². The van der Waals surface area contributed by atoms with Crippen LogP contribution in [0.4, 0.5) is 0 Å². The molecule has 31 heavy (non-hydrogen) atoms. The molecule has 13 atom stereocenters. The van der Waals surface area contributed by atoms with E-state index in [4.69, 9.17) is 37.1 Å². The molecule has 0 aromatic rings. The molecule has 0 bridgehead atoms. The molecule has 0 radical (unpaired) electrons. The maximum atomic E-state index is 11.1. The van der Waals surface area contributed by atoms with Crippen LogP contribution < -0.4 is 22.9 Å². The predicted octanol–water partition coefficient (Wildman–Crippen LogP) is -3.29. The Hall–Kier alpha value is -0.440. The number of aliphatic hydroxyl groups excluding tert-OH is 4. The molecule has 1 saturated carbocycles. The third-order valence-electron chi connectivity index (χ3n) is 7.13. The third-order valence-corrected chi connectivity index (χ3v) is 7.13. The second-order valence-electron chi connectivity index (χ2n) is 9.48. The number of aliphatic hydroxyl groups is 4. The first-order valence-electron chi connectivity index (χ1n) is 11.2. The molecule has 12 N–H and O–H groups in total. The Labute approximate surface area is 183 Å². The summed E-state index contributed by atoms with van der Waals surface area (Å²) in [6.45, 7) is 1.82. The summed E-state index contributed by atoms with van der Waals surface area (Å²) in [5.41, 5.74) is 24.4. The molecule has 0 spiro atoms. The Balaban J connectivity index is 1.67. The quantitative estimate of drug-likeness (QED) is 0.201. The third kappa shape index (κ3) is 5.56. The maximum Gasteiger partial charge on any atom is 0.173 e. The van der Waals surface area contributed by atoms with Crippen LogP contribution in [0.3, 0.4) is 0 Å². The first-order valence-corrected chi connectivity index (χ1v) is 11.2. The average Bonchev–Trinajstić information content (AvgIpc) is 2.71. The van der Waals surface area contributed by atoms with Gasteiger partial charge in [-0.1, -0.05) is 6.92 Å². The highest BCUT2D eigenvalue weighted by Crippen LogP contribution is 2.36. The van der Waals surface area contributed by atoms with E-state index in [0.29, 0.717) is 19.3 Å². The van der Waals surface area contributed by atoms with Gasteiger partial charge in [-0.25, -0.2) is 0 Å². The summed E-state index contributed by atoms with van der Waals surface area (Å²) < 4.78 is 17.7. The Morgan fingerprint density at radius 2 is 1.55 bits per heavy atom. The normalized spacial score (nSPS) is 51.6. The predicted molar refractivity (Wildman–Crippen MR) is 111 cm³/mol. The van der Waals surface area contributed by atoms with Crippen molar-refractivity contribution >= 4 is 0 Å². The van der Waals surface area contributed by atoms with Crippen LogP contribution in [0.25, 0.3) is 0 Å². The van der Waals surface area contributed by atoms with Crippen molar-refractivity contribution in [2.24, 2.45) is 34.8 Å². The van der Waals surface area contributed by atoms with Crippen molar-refractivity contribution in [1.82, 2.24) is 0 Å². The zero-order valence-electron chi connectivity index (χ0n) is 18.1. The van der Waals surface area contributed by atoms with Gasteiger partial charge in [0.25, 0.3) is 0 Å². The highest BCUT2D eigenvalue weighted by Gasteiger charge is 2.47. The van der Waals surface area contributed by atoms with Gasteiger partial charge < -0.3 is 57.6 Å². The van der Waals surface area contributed by atoms with Crippen LogP contribution in [0, 0.1) is 11.8 Å². The minimum absolute atomic E-state index is 0.0362. The number of hydrogen-bond acceptors (Lipinski definition) is 11. The number of nitrogens with two attached hydrogens (primary N) is 4. The van der Waals surface area contributed by atoms with Crippen LogP contribution >= 0.6 is 0 Å². The molecule has 0 aromatic heterocycles. The maximum absolute atomic E-state index is 11.1. The van der Waals surface area contributed by atoms with Gasteiger partial charge >= 0.3 is 0 Å². The molecular formula is C20H40N4O7. The van der Waals surface area contributed by atoms with Crippen molar-refractivity contribution in [2.45, 2.75) is 99.8 Å². The van der Waals surface area contributed by atoms with Crippen LogP contribution in [0.5, 0.6) is 0 Å². The van der Waals surface area contributed by atoms with Crippen LogP contribution in [0.2, 0.25) is 0 Å². The van der Waals surface area contributed by atoms with Crippen molar-refractivity contribution in [3.63, 3.8) is 0 Å². The molecule has 182 valence electrons. The molecule has 3 aliphatic rings. The second kappa shape index (κ2) is 10.7. The first-order chi connectivity index (χ1) is 14.7. The summed E-state index contributed by atoms with van der Waals surface area (Å²) in [4.78, 5) is 0. The van der Waals surface area contributed by atoms with Crippen LogP contribution in [-0.4, -0.2) is 101 Å². The van der Waals surface area contributed by atoms with Crippen molar-refractivity contribution in [3.05, 3.63) is 0 Å². The van der Waals surface area contributed by atoms with Gasteiger partial charge in [-0.15, -0.1) is 0 Å². The Kier molecular flexibility index (Phi) is 8.66. The summed E-state index contributed by atoms with van der Waals surface area (Å²) in [5.74, 6) is -0.323. The van der Waals surface area contributed by atoms with Crippen molar-refractivity contribution < 1.29 is 34.6 Å². The van der Waals surface area contributed by atoms with E-state index in [-0.39, 0.29) is 43.6 Å². The Bertz CT molecular complexity index is 530. The van der Waals surface area contributed by atoms with E-state index in [9.17, 15) is 20.4 Å². The lowest BCUT2D eigenvalue weighted by Gasteiger charge is -2.47. The lowest BCUT2D eigenvalue weighted by Crippen LogP contribution is -2.63. The van der Waals surface area contributed by atoms with Gasteiger partial charge in [0.15, 0.2) is 6.29 Å². The van der Waals surface area contributed by atoms with Gasteiger partial charge in [0.2, 0.25) is 0 Å². The van der Waals surface area contributed by atoms with E-state index in [0.717, 1.165) is 0 Å². The zero-order chi connectivity index (χ0) is 22.9. The van der Waals surface area contributed by atoms with E-state index in [1.54, 1.807) is 0 Å². The van der Waals surface area contributed by atoms with Gasteiger partial charge in [-0.2, -0.15) is 0 Å². The Morgan fingerprint density at radius 1 is 0.871 bits per heavy atom. The molecule has 0 amide bonds. The summed E-state index contributed by atoms with van der Waals surface area (Å²) >= 11 is 0. The van der Waals surface area contributed by atoms with E-state index >= 15 is 0 Å². The molecule has 11 nitrogen and oxygen atoms in total. The second-order valence-corrected chi connectivity index (χ2v) is 9.48. The Morgan fingerprint density at radius 3 is 2.19 bits per heavy atom. The van der Waals surface area contributed by atoms with Gasteiger partial charge in [0.1, 0.15) is 12.2 Å². The fourth-order valence-corrected chi connectivity index (χ4v) is 5.13. The lowest BCUT2D eigenvalue weighted by atomic mass is 9.73. The molecule has 0 unspecified atom stereocenters. The summed E-state index contributed by atoms with van der Waals surface area (Å²) in [7, 11) is 0.